The van der Waals surface area contributed by atoms with Crippen molar-refractivity contribution in [2.75, 3.05) is 0 Å². The summed E-state index contributed by atoms with van der Waals surface area (Å²) in [6, 6.07) is 5.21. The smallest absolute Gasteiger partial charge is 0.416 e. The van der Waals surface area contributed by atoms with Crippen molar-refractivity contribution in [2.45, 2.75) is 12.7 Å². The first-order chi connectivity index (χ1) is 10.4. The Bertz CT molecular complexity index is 849. The van der Waals surface area contributed by atoms with Crippen LogP contribution in [0.15, 0.2) is 42.9 Å². The van der Waals surface area contributed by atoms with E-state index in [-0.39, 0.29) is 23.3 Å². The maximum absolute atomic E-state index is 13.0. The van der Waals surface area contributed by atoms with Gasteiger partial charge in [0.1, 0.15) is 5.56 Å². The number of carboxylic acids is 1. The Balaban J connectivity index is 2.08. The van der Waals surface area contributed by atoms with Crippen molar-refractivity contribution in [3.63, 3.8) is 0 Å². The number of hydrogen-bond donors (Lipinski definition) is 1. The number of rotatable bonds is 3. The summed E-state index contributed by atoms with van der Waals surface area (Å²) in [6.07, 6.45) is -0.292. The van der Waals surface area contributed by atoms with Crippen LogP contribution < -0.4 is 0 Å². The Morgan fingerprint density at radius 2 is 1.95 bits per heavy atom. The zero-order valence-electron chi connectivity index (χ0n) is 11.1. The lowest BCUT2D eigenvalue weighted by molar-refractivity contribution is -0.138. The van der Waals surface area contributed by atoms with Crippen LogP contribution in [0.4, 0.5) is 13.2 Å². The van der Waals surface area contributed by atoms with Crippen molar-refractivity contribution in [1.82, 2.24) is 14.2 Å². The largest absolute Gasteiger partial charge is 0.477 e. The van der Waals surface area contributed by atoms with E-state index in [1.807, 2.05) is 0 Å². The van der Waals surface area contributed by atoms with Crippen molar-refractivity contribution < 1.29 is 23.1 Å². The number of nitrogens with zero attached hydrogens (tertiary/aromatic N) is 3. The second-order valence-corrected chi connectivity index (χ2v) is 4.71. The molecule has 1 N–H and O–H groups in total. The third-order valence-electron chi connectivity index (χ3n) is 3.32. The highest BCUT2D eigenvalue weighted by Crippen LogP contribution is 2.32. The summed E-state index contributed by atoms with van der Waals surface area (Å²) in [6.45, 7) is -0.0991. The van der Waals surface area contributed by atoms with Crippen LogP contribution in [-0.2, 0) is 12.7 Å². The molecule has 0 amide bonds. The molecule has 114 valence electrons. The van der Waals surface area contributed by atoms with Gasteiger partial charge in [-0.3, -0.25) is 0 Å². The number of hydrogen-bond acceptors (Lipinski definition) is 2. The van der Waals surface area contributed by atoms with Crippen molar-refractivity contribution >= 4 is 11.6 Å². The molecule has 3 rings (SSSR count). The van der Waals surface area contributed by atoms with Gasteiger partial charge < -0.3 is 9.67 Å². The van der Waals surface area contributed by atoms with E-state index in [9.17, 15) is 18.0 Å². The summed E-state index contributed by atoms with van der Waals surface area (Å²) in [5.74, 6) is -1.18. The third-order valence-corrected chi connectivity index (χ3v) is 3.32. The second-order valence-electron chi connectivity index (χ2n) is 4.71. The molecular formula is C14H10F3N3O2. The van der Waals surface area contributed by atoms with E-state index in [0.717, 1.165) is 6.07 Å². The molecule has 0 aliphatic rings. The number of aromatic nitrogens is 3. The predicted molar refractivity (Wildman–Crippen MR) is 70.7 cm³/mol. The average molecular weight is 309 g/mol. The number of alkyl halides is 3. The average Bonchev–Trinajstić information content (AvgIpc) is 3.01. The molecule has 0 atom stereocenters. The summed E-state index contributed by atoms with van der Waals surface area (Å²) in [7, 11) is 0. The first-order valence-corrected chi connectivity index (χ1v) is 6.29. The van der Waals surface area contributed by atoms with Crippen LogP contribution in [-0.4, -0.2) is 25.3 Å². The number of imidazole rings is 1. The molecule has 22 heavy (non-hydrogen) atoms. The normalized spacial score (nSPS) is 12.0. The van der Waals surface area contributed by atoms with Gasteiger partial charge in [0.25, 0.3) is 0 Å². The van der Waals surface area contributed by atoms with Crippen molar-refractivity contribution in [2.24, 2.45) is 0 Å². The lowest BCUT2D eigenvalue weighted by Crippen LogP contribution is -2.12. The fraction of sp³-hybridized carbons (Fsp3) is 0.143. The SMILES string of the molecule is O=C(O)c1cnn2ccn(Cc3ccccc3C(F)(F)F)c12. The number of fused-ring (bicyclic) bond motifs is 1. The minimum Gasteiger partial charge on any atom is -0.477 e. The minimum atomic E-state index is -4.46. The molecule has 0 fully saturated rings. The molecule has 0 aliphatic heterocycles. The Labute approximate surface area is 122 Å². The highest BCUT2D eigenvalue weighted by molar-refractivity contribution is 5.94. The first kappa shape index (κ1) is 14.2. The summed E-state index contributed by atoms with van der Waals surface area (Å²) >= 11 is 0. The van der Waals surface area contributed by atoms with Crippen LogP contribution >= 0.6 is 0 Å². The summed E-state index contributed by atoms with van der Waals surface area (Å²) < 4.78 is 41.8. The van der Waals surface area contributed by atoms with Gasteiger partial charge in [-0.25, -0.2) is 9.31 Å². The maximum atomic E-state index is 13.0. The quantitative estimate of drug-likeness (QED) is 0.809. The van der Waals surface area contributed by atoms with Gasteiger partial charge in [-0.1, -0.05) is 18.2 Å². The predicted octanol–water partition coefficient (Wildman–Crippen LogP) is 2.90. The fourth-order valence-corrected chi connectivity index (χ4v) is 2.36. The van der Waals surface area contributed by atoms with Crippen LogP contribution in [0.1, 0.15) is 21.5 Å². The molecular weight excluding hydrogens is 299 g/mol. The number of benzene rings is 1. The summed E-state index contributed by atoms with van der Waals surface area (Å²) in [5, 5.41) is 13.0. The summed E-state index contributed by atoms with van der Waals surface area (Å²) in [4.78, 5) is 11.2. The molecule has 0 saturated heterocycles. The van der Waals surface area contributed by atoms with Gasteiger partial charge in [0.15, 0.2) is 5.65 Å². The number of carboxylic acid groups (broad SMARTS) is 1. The number of halogens is 3. The van der Waals surface area contributed by atoms with Crippen LogP contribution in [0.25, 0.3) is 5.65 Å². The van der Waals surface area contributed by atoms with Crippen LogP contribution in [0.5, 0.6) is 0 Å². The molecule has 3 aromatic rings. The van der Waals surface area contributed by atoms with Gasteiger partial charge in [-0.05, 0) is 11.6 Å². The van der Waals surface area contributed by atoms with Crippen LogP contribution in [0, 0.1) is 0 Å². The number of carbonyl (C=O) groups is 1. The van der Waals surface area contributed by atoms with Crippen LogP contribution in [0.2, 0.25) is 0 Å². The lowest BCUT2D eigenvalue weighted by Gasteiger charge is -2.13. The van der Waals surface area contributed by atoms with E-state index < -0.39 is 17.7 Å². The molecule has 2 aromatic heterocycles. The van der Waals surface area contributed by atoms with Crippen molar-refractivity contribution in [3.05, 3.63) is 59.5 Å². The molecule has 0 saturated carbocycles. The molecule has 5 nitrogen and oxygen atoms in total. The van der Waals surface area contributed by atoms with Crippen LogP contribution in [0.3, 0.4) is 0 Å². The monoisotopic (exact) mass is 309 g/mol. The van der Waals surface area contributed by atoms with E-state index >= 15 is 0 Å². The third kappa shape index (κ3) is 2.32. The van der Waals surface area contributed by atoms with E-state index in [1.165, 1.54) is 45.9 Å². The second kappa shape index (κ2) is 4.90. The van der Waals surface area contributed by atoms with Gasteiger partial charge in [0.05, 0.1) is 11.8 Å². The zero-order chi connectivity index (χ0) is 15.9. The van der Waals surface area contributed by atoms with Gasteiger partial charge in [0, 0.05) is 18.9 Å². The Morgan fingerprint density at radius 1 is 1.23 bits per heavy atom. The minimum absolute atomic E-state index is 0.0607. The van der Waals surface area contributed by atoms with E-state index in [1.54, 1.807) is 0 Å². The van der Waals surface area contributed by atoms with Gasteiger partial charge in [-0.15, -0.1) is 0 Å². The van der Waals surface area contributed by atoms with Gasteiger partial charge in [-0.2, -0.15) is 18.3 Å². The van der Waals surface area contributed by atoms with Crippen molar-refractivity contribution in [3.8, 4) is 0 Å². The zero-order valence-corrected chi connectivity index (χ0v) is 11.1. The molecule has 2 heterocycles. The van der Waals surface area contributed by atoms with Crippen molar-refractivity contribution in [1.29, 1.82) is 0 Å². The molecule has 0 radical (unpaired) electrons. The topological polar surface area (TPSA) is 59.5 Å². The molecule has 0 bridgehead atoms. The Hall–Kier alpha value is -2.77. The molecule has 0 aliphatic carbocycles. The highest BCUT2D eigenvalue weighted by Gasteiger charge is 2.33. The molecule has 0 unspecified atom stereocenters. The number of aromatic carboxylic acids is 1. The van der Waals surface area contributed by atoms with Gasteiger partial charge >= 0.3 is 12.1 Å². The maximum Gasteiger partial charge on any atom is 0.416 e. The molecule has 0 spiro atoms. The highest BCUT2D eigenvalue weighted by atomic mass is 19.4. The van der Waals surface area contributed by atoms with E-state index in [4.69, 9.17) is 5.11 Å². The van der Waals surface area contributed by atoms with E-state index in [2.05, 4.69) is 5.10 Å². The summed E-state index contributed by atoms with van der Waals surface area (Å²) in [5.41, 5.74) is -0.497. The lowest BCUT2D eigenvalue weighted by atomic mass is 10.1. The fourth-order valence-electron chi connectivity index (χ4n) is 2.36. The standard InChI is InChI=1S/C14H10F3N3O2/c15-14(16,17)11-4-2-1-3-9(11)8-19-5-6-20-12(19)10(7-18-20)13(21)22/h1-7H,8H2,(H,21,22). The van der Waals surface area contributed by atoms with Gasteiger partial charge in [0.2, 0.25) is 0 Å². The molecule has 8 heteroatoms. The Morgan fingerprint density at radius 3 is 2.64 bits per heavy atom. The van der Waals surface area contributed by atoms with E-state index in [0.29, 0.717) is 0 Å². The first-order valence-electron chi connectivity index (χ1n) is 6.29. The molecule has 1 aromatic carbocycles. The Kier molecular flexibility index (Phi) is 3.16.